The molecule has 2 N–H and O–H groups in total. The quantitative estimate of drug-likeness (QED) is 0.460. The van der Waals surface area contributed by atoms with Gasteiger partial charge in [-0.1, -0.05) is 30.4 Å². The minimum Gasteiger partial charge on any atom is -0.326 e. The van der Waals surface area contributed by atoms with Gasteiger partial charge < -0.3 is 10.6 Å². The molecular weight excluding hydrogens is 414 g/mol. The van der Waals surface area contributed by atoms with Crippen LogP contribution in [0.2, 0.25) is 0 Å². The van der Waals surface area contributed by atoms with Crippen LogP contribution in [0.25, 0.3) is 0 Å². The third-order valence-electron chi connectivity index (χ3n) is 5.14. The van der Waals surface area contributed by atoms with Gasteiger partial charge in [0.15, 0.2) is 5.13 Å². The number of carbonyl (C=O) groups is 2. The highest BCUT2D eigenvalue weighted by Crippen LogP contribution is 2.32. The van der Waals surface area contributed by atoms with Crippen molar-refractivity contribution >= 4 is 45.3 Å². The van der Waals surface area contributed by atoms with Crippen molar-refractivity contribution in [3.8, 4) is 0 Å². The molecule has 0 saturated carbocycles. The van der Waals surface area contributed by atoms with E-state index in [4.69, 9.17) is 0 Å². The Labute approximate surface area is 183 Å². The molecule has 7 heteroatoms. The van der Waals surface area contributed by atoms with Crippen LogP contribution in [0.15, 0.2) is 65.5 Å². The number of hydrogen-bond donors (Lipinski definition) is 2. The molecule has 2 atom stereocenters. The number of thiazole rings is 1. The zero-order valence-electron chi connectivity index (χ0n) is 16.4. The molecule has 0 spiro atoms. The van der Waals surface area contributed by atoms with Crippen LogP contribution in [0.3, 0.4) is 0 Å². The first-order valence-corrected chi connectivity index (χ1v) is 11.7. The molecule has 5 nitrogen and oxygen atoms in total. The molecule has 1 aliphatic rings. The van der Waals surface area contributed by atoms with E-state index < -0.39 is 0 Å². The van der Waals surface area contributed by atoms with Crippen molar-refractivity contribution in [1.82, 2.24) is 4.98 Å². The molecular formula is C23H23N3O2S2. The summed E-state index contributed by atoms with van der Waals surface area (Å²) in [6, 6.07) is 11.5. The molecule has 2 unspecified atom stereocenters. The van der Waals surface area contributed by atoms with E-state index >= 15 is 0 Å². The van der Waals surface area contributed by atoms with Crippen LogP contribution < -0.4 is 10.6 Å². The van der Waals surface area contributed by atoms with E-state index in [9.17, 15) is 9.59 Å². The molecule has 0 aliphatic heterocycles. The molecule has 1 aromatic carbocycles. The van der Waals surface area contributed by atoms with Gasteiger partial charge in [-0.15, -0.1) is 22.7 Å². The Bertz CT molecular complexity index is 996. The number of aromatic nitrogens is 1. The standard InChI is InChI=1S/C23H23N3O2S2/c27-21(15-19-6-3-12-29-19)25-18-9-7-17(8-10-18)20(14-16-4-1-2-5-16)22(28)26-23-24-11-13-30-23/h1,3-4,6-13,16,20H,2,5,14-15H2,(H,25,27)(H,24,26,28). The lowest BCUT2D eigenvalue weighted by Gasteiger charge is -2.20. The minimum atomic E-state index is -0.266. The summed E-state index contributed by atoms with van der Waals surface area (Å²) >= 11 is 2.99. The zero-order chi connectivity index (χ0) is 20.8. The molecule has 30 heavy (non-hydrogen) atoms. The number of thiophene rings is 1. The summed E-state index contributed by atoms with van der Waals surface area (Å²) in [6.45, 7) is 0. The highest BCUT2D eigenvalue weighted by molar-refractivity contribution is 7.13. The predicted octanol–water partition coefficient (Wildman–Crippen LogP) is 5.46. The van der Waals surface area contributed by atoms with E-state index in [1.54, 1.807) is 17.5 Å². The minimum absolute atomic E-state index is 0.0419. The van der Waals surface area contributed by atoms with E-state index in [1.165, 1.54) is 11.3 Å². The first kappa shape index (κ1) is 20.5. The summed E-state index contributed by atoms with van der Waals surface area (Å²) in [5.41, 5.74) is 1.68. The normalized spacial score (nSPS) is 16.3. The number of nitrogens with one attached hydrogen (secondary N) is 2. The zero-order valence-corrected chi connectivity index (χ0v) is 18.0. The Morgan fingerprint density at radius 1 is 1.10 bits per heavy atom. The lowest BCUT2D eigenvalue weighted by Crippen LogP contribution is -2.23. The van der Waals surface area contributed by atoms with Gasteiger partial charge >= 0.3 is 0 Å². The maximum absolute atomic E-state index is 13.0. The molecule has 0 bridgehead atoms. The Morgan fingerprint density at radius 2 is 1.97 bits per heavy atom. The fourth-order valence-corrected chi connectivity index (χ4v) is 4.88. The molecule has 2 aromatic heterocycles. The largest absolute Gasteiger partial charge is 0.326 e. The second kappa shape index (κ2) is 9.82. The van der Waals surface area contributed by atoms with E-state index in [2.05, 4.69) is 27.8 Å². The molecule has 0 fully saturated rings. The Morgan fingerprint density at radius 3 is 2.63 bits per heavy atom. The summed E-state index contributed by atoms with van der Waals surface area (Å²) in [4.78, 5) is 30.4. The third-order valence-corrected chi connectivity index (χ3v) is 6.71. The number of rotatable bonds is 8. The smallest absolute Gasteiger partial charge is 0.233 e. The summed E-state index contributed by atoms with van der Waals surface area (Å²) in [5, 5.41) is 10.3. The van der Waals surface area contributed by atoms with Gasteiger partial charge in [-0.3, -0.25) is 9.59 Å². The van der Waals surface area contributed by atoms with Crippen molar-refractivity contribution in [1.29, 1.82) is 0 Å². The van der Waals surface area contributed by atoms with Crippen LogP contribution in [0.1, 0.15) is 35.6 Å². The fraction of sp³-hybridized carbons (Fsp3) is 0.261. The monoisotopic (exact) mass is 437 g/mol. The lowest BCUT2D eigenvalue weighted by molar-refractivity contribution is -0.118. The molecule has 2 amide bonds. The van der Waals surface area contributed by atoms with Crippen molar-refractivity contribution < 1.29 is 9.59 Å². The number of anilines is 2. The second-order valence-electron chi connectivity index (χ2n) is 7.31. The summed E-state index contributed by atoms with van der Waals surface area (Å²) in [5.74, 6) is 0.0545. The van der Waals surface area contributed by atoms with E-state index in [-0.39, 0.29) is 17.7 Å². The Hall–Kier alpha value is -2.77. The molecule has 0 radical (unpaired) electrons. The average molecular weight is 438 g/mol. The number of allylic oxidation sites excluding steroid dienone is 2. The van der Waals surface area contributed by atoms with Gasteiger partial charge in [-0.05, 0) is 54.3 Å². The van der Waals surface area contributed by atoms with Crippen molar-refractivity contribution in [2.45, 2.75) is 31.6 Å². The van der Waals surface area contributed by atoms with Crippen LogP contribution in [0.5, 0.6) is 0 Å². The molecule has 1 aliphatic carbocycles. The predicted molar refractivity (Wildman–Crippen MR) is 123 cm³/mol. The SMILES string of the molecule is O=C(Cc1cccs1)Nc1ccc(C(CC2C=CCC2)C(=O)Nc2nccs2)cc1. The van der Waals surface area contributed by atoms with Gasteiger partial charge in [-0.25, -0.2) is 4.98 Å². The van der Waals surface area contributed by atoms with Crippen LogP contribution >= 0.6 is 22.7 Å². The number of benzene rings is 1. The molecule has 3 aromatic rings. The third kappa shape index (κ3) is 5.43. The van der Waals surface area contributed by atoms with Gasteiger partial charge in [-0.2, -0.15) is 0 Å². The van der Waals surface area contributed by atoms with Crippen molar-refractivity contribution in [3.05, 3.63) is 75.9 Å². The van der Waals surface area contributed by atoms with E-state index in [0.717, 1.165) is 35.4 Å². The van der Waals surface area contributed by atoms with Gasteiger partial charge in [0.25, 0.3) is 0 Å². The van der Waals surface area contributed by atoms with E-state index in [0.29, 0.717) is 17.5 Å². The van der Waals surface area contributed by atoms with Gasteiger partial charge in [0.05, 0.1) is 12.3 Å². The van der Waals surface area contributed by atoms with Crippen LogP contribution in [-0.2, 0) is 16.0 Å². The summed E-state index contributed by atoms with van der Waals surface area (Å²) in [6.07, 6.45) is 9.36. The molecule has 4 rings (SSSR count). The second-order valence-corrected chi connectivity index (χ2v) is 9.23. The lowest BCUT2D eigenvalue weighted by atomic mass is 9.87. The number of nitrogens with zero attached hydrogens (tertiary/aromatic N) is 1. The number of hydrogen-bond acceptors (Lipinski definition) is 5. The average Bonchev–Trinajstić information content (AvgIpc) is 3.51. The topological polar surface area (TPSA) is 71.1 Å². The summed E-state index contributed by atoms with van der Waals surface area (Å²) < 4.78 is 0. The van der Waals surface area contributed by atoms with Crippen LogP contribution in [0, 0.1) is 5.92 Å². The molecule has 154 valence electrons. The number of carbonyl (C=O) groups excluding carboxylic acids is 2. The molecule has 2 heterocycles. The Kier molecular flexibility index (Phi) is 6.71. The first-order valence-electron chi connectivity index (χ1n) is 9.96. The van der Waals surface area contributed by atoms with Gasteiger partial charge in [0, 0.05) is 22.1 Å². The van der Waals surface area contributed by atoms with Crippen LogP contribution in [-0.4, -0.2) is 16.8 Å². The van der Waals surface area contributed by atoms with Gasteiger partial charge in [0.2, 0.25) is 11.8 Å². The maximum atomic E-state index is 13.0. The van der Waals surface area contributed by atoms with E-state index in [1.807, 2.05) is 47.2 Å². The highest BCUT2D eigenvalue weighted by Gasteiger charge is 2.25. The fourth-order valence-electron chi connectivity index (χ4n) is 3.64. The van der Waals surface area contributed by atoms with Crippen LogP contribution in [0.4, 0.5) is 10.8 Å². The summed E-state index contributed by atoms with van der Waals surface area (Å²) in [7, 11) is 0. The molecule has 0 saturated heterocycles. The number of amides is 2. The first-order chi connectivity index (χ1) is 14.7. The van der Waals surface area contributed by atoms with Crippen molar-refractivity contribution in [3.63, 3.8) is 0 Å². The highest BCUT2D eigenvalue weighted by atomic mass is 32.1. The van der Waals surface area contributed by atoms with Crippen molar-refractivity contribution in [2.75, 3.05) is 10.6 Å². The maximum Gasteiger partial charge on any atom is 0.233 e. The van der Waals surface area contributed by atoms with Gasteiger partial charge in [0.1, 0.15) is 0 Å². The van der Waals surface area contributed by atoms with Crippen molar-refractivity contribution in [2.24, 2.45) is 5.92 Å². The Balaban J connectivity index is 1.44.